The van der Waals surface area contributed by atoms with Gasteiger partial charge in [-0.2, -0.15) is 0 Å². The van der Waals surface area contributed by atoms with E-state index in [1.807, 2.05) is 19.9 Å². The van der Waals surface area contributed by atoms with Crippen LogP contribution in [0.1, 0.15) is 51.2 Å². The Kier molecular flexibility index (Phi) is 4.08. The highest BCUT2D eigenvalue weighted by atomic mass is 16.1. The van der Waals surface area contributed by atoms with Crippen LogP contribution < -0.4 is 0 Å². The highest BCUT2D eigenvalue weighted by molar-refractivity contribution is 6.02. The standard InChI is InChI=1S/C23H28N2O/c1-22(2)20-10-9-18(13-23(20,3)14-19(24-4)21(22)26)25-12-11-16-7-5-6-8-17(16)15-25/h5-8,14,18,20H,9-13,15H2,1-3H3/t18-,20-,23-/m0/s1. The lowest BCUT2D eigenvalue weighted by atomic mass is 9.52. The van der Waals surface area contributed by atoms with Crippen molar-refractivity contribution in [1.82, 2.24) is 4.90 Å². The first kappa shape index (κ1) is 17.5. The van der Waals surface area contributed by atoms with E-state index in [0.717, 1.165) is 38.8 Å². The van der Waals surface area contributed by atoms with E-state index >= 15 is 0 Å². The Morgan fingerprint density at radius 1 is 1.15 bits per heavy atom. The molecule has 3 atom stereocenters. The third-order valence-electron chi connectivity index (χ3n) is 7.21. The van der Waals surface area contributed by atoms with Gasteiger partial charge in [-0.15, -0.1) is 0 Å². The fourth-order valence-electron chi connectivity index (χ4n) is 5.88. The Morgan fingerprint density at radius 3 is 2.62 bits per heavy atom. The van der Waals surface area contributed by atoms with E-state index in [1.165, 1.54) is 11.1 Å². The minimum atomic E-state index is -0.428. The molecule has 0 spiro atoms. The second kappa shape index (κ2) is 6.06. The van der Waals surface area contributed by atoms with Gasteiger partial charge < -0.3 is 4.79 Å². The largest absolute Gasteiger partial charge is 0.307 e. The lowest BCUT2D eigenvalue weighted by molar-refractivity contribution is -0.132. The van der Waals surface area contributed by atoms with Gasteiger partial charge in [0.2, 0.25) is 5.70 Å². The van der Waals surface area contributed by atoms with Crippen molar-refractivity contribution in [2.75, 3.05) is 6.54 Å². The zero-order valence-electron chi connectivity index (χ0n) is 16.1. The van der Waals surface area contributed by atoms with Crippen LogP contribution in [0.4, 0.5) is 0 Å². The van der Waals surface area contributed by atoms with Gasteiger partial charge in [-0.3, -0.25) is 4.90 Å². The van der Waals surface area contributed by atoms with Crippen molar-refractivity contribution in [3.8, 4) is 0 Å². The number of benzene rings is 1. The minimum absolute atomic E-state index is 0.0420. The Bertz CT molecular complexity index is 816. The van der Waals surface area contributed by atoms with Crippen molar-refractivity contribution in [3.63, 3.8) is 0 Å². The molecule has 3 aliphatic rings. The van der Waals surface area contributed by atoms with Gasteiger partial charge in [-0.25, -0.2) is 4.85 Å². The first-order valence-electron chi connectivity index (χ1n) is 9.81. The molecule has 136 valence electrons. The van der Waals surface area contributed by atoms with E-state index < -0.39 is 5.41 Å². The van der Waals surface area contributed by atoms with Crippen molar-refractivity contribution in [2.24, 2.45) is 16.7 Å². The first-order valence-corrected chi connectivity index (χ1v) is 9.81. The summed E-state index contributed by atoms with van der Waals surface area (Å²) >= 11 is 0. The van der Waals surface area contributed by atoms with Gasteiger partial charge in [0.15, 0.2) is 5.78 Å². The summed E-state index contributed by atoms with van der Waals surface area (Å²) in [6, 6.07) is 9.33. The Morgan fingerprint density at radius 2 is 1.88 bits per heavy atom. The molecule has 1 heterocycles. The average molecular weight is 348 g/mol. The van der Waals surface area contributed by atoms with Gasteiger partial charge in [0.05, 0.1) is 6.57 Å². The lowest BCUT2D eigenvalue weighted by Crippen LogP contribution is -2.53. The molecule has 1 saturated carbocycles. The zero-order valence-corrected chi connectivity index (χ0v) is 16.1. The molecule has 2 aliphatic carbocycles. The molecule has 0 amide bonds. The minimum Gasteiger partial charge on any atom is -0.307 e. The van der Waals surface area contributed by atoms with Crippen LogP contribution in [0.25, 0.3) is 4.85 Å². The summed E-state index contributed by atoms with van der Waals surface area (Å²) in [5.74, 6) is 0.377. The molecular weight excluding hydrogens is 320 g/mol. The quantitative estimate of drug-likeness (QED) is 0.691. The number of hydrogen-bond donors (Lipinski definition) is 0. The molecule has 1 aromatic rings. The van der Waals surface area contributed by atoms with Crippen LogP contribution in [-0.4, -0.2) is 23.3 Å². The van der Waals surface area contributed by atoms with Crippen LogP contribution >= 0.6 is 0 Å². The Balaban J connectivity index is 1.60. The fraction of sp³-hybridized carbons (Fsp3) is 0.565. The van der Waals surface area contributed by atoms with Crippen molar-refractivity contribution >= 4 is 5.78 Å². The number of hydrogen-bond acceptors (Lipinski definition) is 2. The maximum Gasteiger partial charge on any atom is 0.226 e. The second-order valence-electron chi connectivity index (χ2n) is 9.18. The number of nitrogens with zero attached hydrogens (tertiary/aromatic N) is 2. The number of rotatable bonds is 1. The van der Waals surface area contributed by atoms with Crippen molar-refractivity contribution in [2.45, 2.75) is 59.0 Å². The van der Waals surface area contributed by atoms with E-state index in [9.17, 15) is 4.79 Å². The third-order valence-corrected chi connectivity index (χ3v) is 7.21. The molecule has 0 N–H and O–H groups in total. The third kappa shape index (κ3) is 2.63. The molecule has 1 aromatic carbocycles. The van der Waals surface area contributed by atoms with Gasteiger partial charge >= 0.3 is 0 Å². The van der Waals surface area contributed by atoms with Crippen LogP contribution in [0.3, 0.4) is 0 Å². The van der Waals surface area contributed by atoms with Crippen LogP contribution in [-0.2, 0) is 17.8 Å². The summed E-state index contributed by atoms with van der Waals surface area (Å²) in [5.41, 5.74) is 2.82. The van der Waals surface area contributed by atoms with Gasteiger partial charge in [0, 0.05) is 24.5 Å². The summed E-state index contributed by atoms with van der Waals surface area (Å²) in [4.78, 5) is 18.9. The van der Waals surface area contributed by atoms with Crippen molar-refractivity contribution < 1.29 is 4.79 Å². The van der Waals surface area contributed by atoms with Crippen LogP contribution in [0.15, 0.2) is 36.0 Å². The molecule has 0 bridgehead atoms. The maximum absolute atomic E-state index is 12.7. The molecular formula is C23H28N2O. The summed E-state index contributed by atoms with van der Waals surface area (Å²) in [5, 5.41) is 0. The number of Topliss-reactive ketones (excluding diaryl/α,β-unsaturated/α-hetero) is 1. The van der Waals surface area contributed by atoms with Crippen molar-refractivity contribution in [1.29, 1.82) is 0 Å². The van der Waals surface area contributed by atoms with Gasteiger partial charge in [0.1, 0.15) is 0 Å². The highest BCUT2D eigenvalue weighted by Crippen LogP contribution is 2.56. The summed E-state index contributed by atoms with van der Waals surface area (Å²) < 4.78 is 0. The van der Waals surface area contributed by atoms with Crippen LogP contribution in [0, 0.1) is 23.3 Å². The number of fused-ring (bicyclic) bond motifs is 2. The Labute approximate surface area is 156 Å². The lowest BCUT2D eigenvalue weighted by Gasteiger charge is -2.54. The fourth-order valence-corrected chi connectivity index (χ4v) is 5.88. The summed E-state index contributed by atoms with van der Waals surface area (Å²) in [7, 11) is 0. The highest BCUT2D eigenvalue weighted by Gasteiger charge is 2.53. The normalized spacial score (nSPS) is 33.6. The molecule has 0 saturated heterocycles. The van der Waals surface area contributed by atoms with E-state index in [2.05, 4.69) is 40.9 Å². The van der Waals surface area contributed by atoms with E-state index in [4.69, 9.17) is 6.57 Å². The van der Waals surface area contributed by atoms with Crippen LogP contribution in [0.5, 0.6) is 0 Å². The van der Waals surface area contributed by atoms with E-state index in [-0.39, 0.29) is 11.2 Å². The predicted molar refractivity (Wildman–Crippen MR) is 103 cm³/mol. The van der Waals surface area contributed by atoms with Gasteiger partial charge in [0.25, 0.3) is 0 Å². The number of allylic oxidation sites excluding steroid dienone is 2. The topological polar surface area (TPSA) is 24.7 Å². The van der Waals surface area contributed by atoms with E-state index in [0.29, 0.717) is 17.7 Å². The monoisotopic (exact) mass is 348 g/mol. The zero-order chi connectivity index (χ0) is 18.5. The maximum atomic E-state index is 12.7. The molecule has 1 fully saturated rings. The molecule has 0 aromatic heterocycles. The molecule has 4 rings (SSSR count). The molecule has 3 heteroatoms. The average Bonchev–Trinajstić information content (AvgIpc) is 2.64. The van der Waals surface area contributed by atoms with Gasteiger partial charge in [-0.05, 0) is 48.1 Å². The molecule has 1 aliphatic heterocycles. The summed E-state index contributed by atoms with van der Waals surface area (Å²) in [6.45, 7) is 16.0. The smallest absolute Gasteiger partial charge is 0.226 e. The number of carbonyl (C=O) groups is 1. The summed E-state index contributed by atoms with van der Waals surface area (Å²) in [6.07, 6.45) is 6.41. The first-order chi connectivity index (χ1) is 12.3. The van der Waals surface area contributed by atoms with Crippen LogP contribution in [0.2, 0.25) is 0 Å². The molecule has 26 heavy (non-hydrogen) atoms. The van der Waals surface area contributed by atoms with Gasteiger partial charge in [-0.1, -0.05) is 51.1 Å². The molecule has 3 nitrogen and oxygen atoms in total. The molecule has 0 unspecified atom stereocenters. The van der Waals surface area contributed by atoms with E-state index in [1.54, 1.807) is 0 Å². The second-order valence-corrected chi connectivity index (χ2v) is 9.18. The SMILES string of the molecule is [C-]#[N+]C1=C[C@]2(C)C[C@@H](N3CCc4ccccc4C3)CC[C@H]2C(C)(C)C1=O. The predicted octanol–water partition coefficient (Wildman–Crippen LogP) is 4.63. The number of ketones is 1. The number of carbonyl (C=O) groups excluding carboxylic acids is 1. The Hall–Kier alpha value is -1.92. The molecule has 0 radical (unpaired) electrons. The van der Waals surface area contributed by atoms with Crippen molar-refractivity contribution in [3.05, 3.63) is 58.6 Å².